The molecule has 4 nitrogen and oxygen atoms in total. The number of aliphatic hydroxyl groups is 1. The first-order valence-corrected chi connectivity index (χ1v) is 5.53. The van der Waals surface area contributed by atoms with Crippen molar-refractivity contribution in [1.29, 1.82) is 0 Å². The second-order valence-corrected chi connectivity index (χ2v) is 4.36. The van der Waals surface area contributed by atoms with E-state index in [1.807, 2.05) is 0 Å². The normalized spacial score (nSPS) is 15.2. The molecular weight excluding hydrogens is 259 g/mol. The van der Waals surface area contributed by atoms with Crippen molar-refractivity contribution in [1.82, 2.24) is 15.0 Å². The fraction of sp³-hybridized carbons (Fsp3) is 0.333. The van der Waals surface area contributed by atoms with Crippen molar-refractivity contribution in [2.75, 3.05) is 0 Å². The Labute approximate surface area is 107 Å². The molecule has 2 aromatic rings. The summed E-state index contributed by atoms with van der Waals surface area (Å²) in [4.78, 5) is 9.97. The van der Waals surface area contributed by atoms with E-state index in [0.717, 1.165) is 5.56 Å². The number of alkyl halides is 3. The average Bonchev–Trinajstić information content (AvgIpc) is 2.78. The van der Waals surface area contributed by atoms with Crippen molar-refractivity contribution in [3.05, 3.63) is 47.8 Å². The van der Waals surface area contributed by atoms with Crippen molar-refractivity contribution in [3.63, 3.8) is 0 Å². The summed E-state index contributed by atoms with van der Waals surface area (Å²) in [6.45, 7) is 0.669. The van der Waals surface area contributed by atoms with Gasteiger partial charge in [0.25, 0.3) is 0 Å². The zero-order chi connectivity index (χ0) is 14.1. The Hall–Kier alpha value is -1.89. The first-order valence-electron chi connectivity index (χ1n) is 5.53. The second-order valence-electron chi connectivity index (χ2n) is 4.36. The number of aromatic nitrogens is 3. The van der Waals surface area contributed by atoms with Gasteiger partial charge >= 0.3 is 6.18 Å². The van der Waals surface area contributed by atoms with E-state index in [1.165, 1.54) is 6.20 Å². The van der Waals surface area contributed by atoms with Crippen LogP contribution in [0.15, 0.2) is 30.7 Å². The summed E-state index contributed by atoms with van der Waals surface area (Å²) in [5.41, 5.74) is -1.61. The number of aromatic amines is 1. The molecule has 0 spiro atoms. The van der Waals surface area contributed by atoms with E-state index < -0.39 is 17.6 Å². The fourth-order valence-electron chi connectivity index (χ4n) is 1.55. The van der Waals surface area contributed by atoms with Gasteiger partial charge in [-0.1, -0.05) is 0 Å². The van der Waals surface area contributed by atoms with E-state index in [9.17, 15) is 18.3 Å². The minimum Gasteiger partial charge on any atom is -0.374 e. The van der Waals surface area contributed by atoms with Crippen LogP contribution in [0.1, 0.15) is 24.0 Å². The Balaban J connectivity index is 2.20. The van der Waals surface area contributed by atoms with Crippen LogP contribution >= 0.6 is 0 Å². The molecule has 0 radical (unpaired) electrons. The van der Waals surface area contributed by atoms with Crippen molar-refractivity contribution in [3.8, 4) is 0 Å². The molecule has 2 heterocycles. The van der Waals surface area contributed by atoms with Crippen LogP contribution in [0.3, 0.4) is 0 Å². The molecule has 7 heteroatoms. The van der Waals surface area contributed by atoms with Gasteiger partial charge in [0.05, 0.1) is 0 Å². The van der Waals surface area contributed by atoms with Crippen LogP contribution < -0.4 is 0 Å². The number of halogens is 3. The fourth-order valence-corrected chi connectivity index (χ4v) is 1.55. The molecule has 0 bridgehead atoms. The minimum atomic E-state index is -4.78. The maximum atomic E-state index is 12.6. The average molecular weight is 271 g/mol. The van der Waals surface area contributed by atoms with Gasteiger partial charge in [-0.15, -0.1) is 0 Å². The first-order chi connectivity index (χ1) is 8.80. The molecule has 0 amide bonds. The summed E-state index contributed by atoms with van der Waals surface area (Å²) < 4.78 is 37.9. The molecule has 0 unspecified atom stereocenters. The van der Waals surface area contributed by atoms with Gasteiger partial charge in [0.2, 0.25) is 5.60 Å². The van der Waals surface area contributed by atoms with Gasteiger partial charge in [-0.05, 0) is 24.6 Å². The number of hydrogen-bond acceptors (Lipinski definition) is 3. The molecular formula is C12H12F3N3O. The van der Waals surface area contributed by atoms with Gasteiger partial charge in [0, 0.05) is 30.7 Å². The molecule has 0 saturated heterocycles. The van der Waals surface area contributed by atoms with Crippen LogP contribution in [0.5, 0.6) is 0 Å². The van der Waals surface area contributed by atoms with Crippen LogP contribution in [0, 0.1) is 0 Å². The van der Waals surface area contributed by atoms with Gasteiger partial charge < -0.3 is 10.1 Å². The van der Waals surface area contributed by atoms with E-state index >= 15 is 0 Å². The maximum Gasteiger partial charge on any atom is 0.424 e. The highest BCUT2D eigenvalue weighted by molar-refractivity contribution is 5.19. The third-order valence-corrected chi connectivity index (χ3v) is 2.79. The Morgan fingerprint density at radius 1 is 1.26 bits per heavy atom. The number of hydrogen-bond donors (Lipinski definition) is 2. The van der Waals surface area contributed by atoms with Crippen molar-refractivity contribution >= 4 is 0 Å². The van der Waals surface area contributed by atoms with Crippen LogP contribution in [0.4, 0.5) is 13.2 Å². The zero-order valence-electron chi connectivity index (χ0n) is 10.1. The van der Waals surface area contributed by atoms with Crippen LogP contribution in [-0.2, 0) is 12.0 Å². The lowest BCUT2D eigenvalue weighted by molar-refractivity contribution is -0.261. The van der Waals surface area contributed by atoms with Crippen molar-refractivity contribution in [2.24, 2.45) is 0 Å². The maximum absolute atomic E-state index is 12.6. The SMILES string of the molecule is C[C@](O)(c1ncc(Cc2ccncc2)[nH]1)C(F)(F)F. The van der Waals surface area contributed by atoms with Crippen LogP contribution in [0.25, 0.3) is 0 Å². The predicted molar refractivity (Wildman–Crippen MR) is 61.3 cm³/mol. The number of imidazole rings is 1. The van der Waals surface area contributed by atoms with Crippen LogP contribution in [0.2, 0.25) is 0 Å². The minimum absolute atomic E-state index is 0.392. The number of rotatable bonds is 3. The summed E-state index contributed by atoms with van der Waals surface area (Å²) in [7, 11) is 0. The van der Waals surface area contributed by atoms with E-state index in [-0.39, 0.29) is 0 Å². The molecule has 0 aliphatic rings. The van der Waals surface area contributed by atoms with Crippen LogP contribution in [-0.4, -0.2) is 26.2 Å². The third-order valence-electron chi connectivity index (χ3n) is 2.79. The molecule has 0 aliphatic carbocycles. The van der Waals surface area contributed by atoms with Gasteiger partial charge in [-0.3, -0.25) is 4.98 Å². The number of nitrogens with one attached hydrogen (secondary N) is 1. The largest absolute Gasteiger partial charge is 0.424 e. The topological polar surface area (TPSA) is 61.8 Å². The molecule has 2 rings (SSSR count). The Bertz CT molecular complexity index is 549. The van der Waals surface area contributed by atoms with E-state index in [4.69, 9.17) is 0 Å². The molecule has 102 valence electrons. The summed E-state index contributed by atoms with van der Waals surface area (Å²) in [6.07, 6.45) is 0.0925. The highest BCUT2D eigenvalue weighted by atomic mass is 19.4. The second kappa shape index (κ2) is 4.65. The molecule has 2 aromatic heterocycles. The summed E-state index contributed by atoms with van der Waals surface area (Å²) >= 11 is 0. The Morgan fingerprint density at radius 3 is 2.47 bits per heavy atom. The van der Waals surface area contributed by atoms with Gasteiger partial charge in [-0.25, -0.2) is 4.98 Å². The Morgan fingerprint density at radius 2 is 1.89 bits per heavy atom. The summed E-state index contributed by atoms with van der Waals surface area (Å²) in [5, 5.41) is 9.47. The van der Waals surface area contributed by atoms with Gasteiger partial charge in [-0.2, -0.15) is 13.2 Å². The lowest BCUT2D eigenvalue weighted by atomic mass is 10.1. The van der Waals surface area contributed by atoms with E-state index in [0.29, 0.717) is 19.0 Å². The lowest BCUT2D eigenvalue weighted by Gasteiger charge is -2.23. The smallest absolute Gasteiger partial charge is 0.374 e. The standard InChI is InChI=1S/C12H12F3N3O/c1-11(19,12(13,14)15)10-17-7-9(18-10)6-8-2-4-16-5-3-8/h2-5,7,19H,6H2,1H3,(H,17,18)/t11-/m0/s1. The van der Waals surface area contributed by atoms with E-state index in [2.05, 4.69) is 15.0 Å². The quantitative estimate of drug-likeness (QED) is 0.899. The molecule has 2 N–H and O–H groups in total. The highest BCUT2D eigenvalue weighted by Crippen LogP contribution is 2.36. The van der Waals surface area contributed by atoms with Crippen molar-refractivity contribution < 1.29 is 18.3 Å². The summed E-state index contributed by atoms with van der Waals surface area (Å²) in [5.74, 6) is -0.510. The Kier molecular flexibility index (Phi) is 3.32. The monoisotopic (exact) mass is 271 g/mol. The number of H-pyrrole nitrogens is 1. The molecule has 0 aromatic carbocycles. The predicted octanol–water partition coefficient (Wildman–Crippen LogP) is 2.17. The lowest BCUT2D eigenvalue weighted by Crippen LogP contribution is -2.40. The zero-order valence-corrected chi connectivity index (χ0v) is 10.1. The van der Waals surface area contributed by atoms with Crippen molar-refractivity contribution in [2.45, 2.75) is 25.1 Å². The molecule has 0 saturated carbocycles. The molecule has 0 aliphatic heterocycles. The summed E-state index contributed by atoms with van der Waals surface area (Å²) in [6, 6.07) is 3.50. The first kappa shape index (κ1) is 13.5. The third kappa shape index (κ3) is 2.76. The molecule has 19 heavy (non-hydrogen) atoms. The van der Waals surface area contributed by atoms with Gasteiger partial charge in [0.1, 0.15) is 5.82 Å². The number of pyridine rings is 1. The molecule has 0 fully saturated rings. The highest BCUT2D eigenvalue weighted by Gasteiger charge is 2.53. The van der Waals surface area contributed by atoms with Gasteiger partial charge in [0.15, 0.2) is 0 Å². The molecule has 1 atom stereocenters. The number of nitrogens with zero attached hydrogens (tertiary/aromatic N) is 2. The van der Waals surface area contributed by atoms with E-state index in [1.54, 1.807) is 24.5 Å².